The molecule has 1 aliphatic heterocycles. The monoisotopic (exact) mass is 326 g/mol. The van der Waals surface area contributed by atoms with Crippen molar-refractivity contribution in [2.75, 3.05) is 6.54 Å². The fourth-order valence-corrected chi connectivity index (χ4v) is 3.69. The third-order valence-corrected chi connectivity index (χ3v) is 4.90. The number of nitrogens with zero attached hydrogens (tertiary/aromatic N) is 4. The largest absolute Gasteiger partial charge is 0.334 e. The molecule has 3 rings (SSSR count). The summed E-state index contributed by atoms with van der Waals surface area (Å²) in [6, 6.07) is 5.95. The van der Waals surface area contributed by atoms with Crippen molar-refractivity contribution in [3.05, 3.63) is 47.5 Å². The smallest absolute Gasteiger partial charge is 0.247 e. The van der Waals surface area contributed by atoms with Crippen molar-refractivity contribution in [2.45, 2.75) is 58.5 Å². The molecule has 5 nitrogen and oxygen atoms in total. The molecule has 0 aromatic carbocycles. The van der Waals surface area contributed by atoms with E-state index >= 15 is 0 Å². The number of likely N-dealkylation sites (tertiary alicyclic amines) is 1. The van der Waals surface area contributed by atoms with Gasteiger partial charge < -0.3 is 4.90 Å². The van der Waals surface area contributed by atoms with E-state index in [1.807, 2.05) is 56.0 Å². The second-order valence-electron chi connectivity index (χ2n) is 6.72. The Morgan fingerprint density at radius 1 is 1.21 bits per heavy atom. The van der Waals surface area contributed by atoms with Crippen LogP contribution in [0.15, 0.2) is 30.6 Å². The number of aromatic nitrogens is 3. The summed E-state index contributed by atoms with van der Waals surface area (Å²) in [7, 11) is 0. The molecule has 0 aliphatic carbocycles. The van der Waals surface area contributed by atoms with Gasteiger partial charge in [0.15, 0.2) is 0 Å². The molecule has 1 amide bonds. The van der Waals surface area contributed by atoms with Crippen LogP contribution in [0, 0.1) is 13.8 Å². The predicted molar refractivity (Wildman–Crippen MR) is 93.6 cm³/mol. The SMILES string of the molecule is Cc1cc(C)n([C@@H](C)C(=O)N2CCCCC[C@@H]2c2ccncc2)n1. The van der Waals surface area contributed by atoms with E-state index in [4.69, 9.17) is 0 Å². The Kier molecular flexibility index (Phi) is 4.97. The van der Waals surface area contributed by atoms with Crippen LogP contribution in [0.4, 0.5) is 0 Å². The summed E-state index contributed by atoms with van der Waals surface area (Å²) in [6.45, 7) is 6.74. The van der Waals surface area contributed by atoms with Gasteiger partial charge in [-0.2, -0.15) is 5.10 Å². The molecule has 5 heteroatoms. The fraction of sp³-hybridized carbons (Fsp3) is 0.526. The highest BCUT2D eigenvalue weighted by Crippen LogP contribution is 2.31. The average Bonchev–Trinajstić information content (AvgIpc) is 2.79. The summed E-state index contributed by atoms with van der Waals surface area (Å²) in [5.74, 6) is 0.157. The molecule has 128 valence electrons. The van der Waals surface area contributed by atoms with E-state index in [1.54, 1.807) is 0 Å². The lowest BCUT2D eigenvalue weighted by Gasteiger charge is -2.33. The molecule has 0 spiro atoms. The third-order valence-electron chi connectivity index (χ3n) is 4.90. The Balaban J connectivity index is 1.88. The van der Waals surface area contributed by atoms with Gasteiger partial charge in [-0.25, -0.2) is 0 Å². The molecule has 1 saturated heterocycles. The van der Waals surface area contributed by atoms with Gasteiger partial charge in [0.2, 0.25) is 5.91 Å². The van der Waals surface area contributed by atoms with Gasteiger partial charge in [-0.3, -0.25) is 14.5 Å². The maximum absolute atomic E-state index is 13.2. The summed E-state index contributed by atoms with van der Waals surface area (Å²) in [4.78, 5) is 19.4. The molecule has 1 aliphatic rings. The minimum Gasteiger partial charge on any atom is -0.334 e. The molecule has 0 saturated carbocycles. The van der Waals surface area contributed by atoms with Crippen LogP contribution in [-0.4, -0.2) is 32.1 Å². The van der Waals surface area contributed by atoms with Gasteiger partial charge in [-0.15, -0.1) is 0 Å². The first kappa shape index (κ1) is 16.7. The standard InChI is InChI=1S/C19H26N4O/c1-14-13-15(2)23(21-14)16(3)19(24)22-12-6-4-5-7-18(22)17-8-10-20-11-9-17/h8-11,13,16,18H,4-7,12H2,1-3H3/t16-,18+/m0/s1. The first-order chi connectivity index (χ1) is 11.6. The second-order valence-corrected chi connectivity index (χ2v) is 6.72. The molecule has 0 bridgehead atoms. The first-order valence-electron chi connectivity index (χ1n) is 8.81. The van der Waals surface area contributed by atoms with E-state index in [2.05, 4.69) is 15.0 Å². The van der Waals surface area contributed by atoms with E-state index in [0.29, 0.717) is 0 Å². The Morgan fingerprint density at radius 3 is 2.62 bits per heavy atom. The van der Waals surface area contributed by atoms with Crippen LogP contribution in [0.3, 0.4) is 0 Å². The minimum absolute atomic E-state index is 0.141. The predicted octanol–water partition coefficient (Wildman–Crippen LogP) is 3.60. The van der Waals surface area contributed by atoms with Gasteiger partial charge in [-0.1, -0.05) is 12.8 Å². The molecule has 2 aromatic heterocycles. The maximum atomic E-state index is 13.2. The van der Waals surface area contributed by atoms with E-state index in [1.165, 1.54) is 12.0 Å². The topological polar surface area (TPSA) is 51.0 Å². The van der Waals surface area contributed by atoms with Gasteiger partial charge in [0, 0.05) is 24.6 Å². The van der Waals surface area contributed by atoms with Gasteiger partial charge in [0.1, 0.15) is 6.04 Å². The first-order valence-corrected chi connectivity index (χ1v) is 8.81. The lowest BCUT2D eigenvalue weighted by molar-refractivity contribution is -0.137. The second kappa shape index (κ2) is 7.16. The van der Waals surface area contributed by atoms with Crippen molar-refractivity contribution < 1.29 is 4.79 Å². The number of amides is 1. The van der Waals surface area contributed by atoms with E-state index in [-0.39, 0.29) is 18.0 Å². The molecule has 0 N–H and O–H groups in total. The Morgan fingerprint density at radius 2 is 1.96 bits per heavy atom. The lowest BCUT2D eigenvalue weighted by Crippen LogP contribution is -2.39. The average molecular weight is 326 g/mol. The maximum Gasteiger partial charge on any atom is 0.247 e. The number of pyridine rings is 1. The van der Waals surface area contributed by atoms with E-state index in [9.17, 15) is 4.79 Å². The van der Waals surface area contributed by atoms with Gasteiger partial charge in [0.25, 0.3) is 0 Å². The van der Waals surface area contributed by atoms with Crippen molar-refractivity contribution in [3.63, 3.8) is 0 Å². The van der Waals surface area contributed by atoms with Crippen LogP contribution in [0.5, 0.6) is 0 Å². The number of carbonyl (C=O) groups excluding carboxylic acids is 1. The number of aryl methyl sites for hydroxylation is 2. The van der Waals surface area contributed by atoms with Crippen LogP contribution in [0.1, 0.15) is 61.6 Å². The highest BCUT2D eigenvalue weighted by atomic mass is 16.2. The normalized spacial score (nSPS) is 19.8. The molecule has 2 aromatic rings. The van der Waals surface area contributed by atoms with E-state index in [0.717, 1.165) is 37.2 Å². The fourth-order valence-electron chi connectivity index (χ4n) is 3.69. The Labute approximate surface area is 143 Å². The summed E-state index contributed by atoms with van der Waals surface area (Å²) >= 11 is 0. The Hall–Kier alpha value is -2.17. The zero-order valence-electron chi connectivity index (χ0n) is 14.8. The minimum atomic E-state index is -0.277. The quantitative estimate of drug-likeness (QED) is 0.866. The van der Waals surface area contributed by atoms with Crippen LogP contribution in [0.25, 0.3) is 0 Å². The van der Waals surface area contributed by atoms with Crippen LogP contribution in [0.2, 0.25) is 0 Å². The van der Waals surface area contributed by atoms with Crippen LogP contribution in [-0.2, 0) is 4.79 Å². The lowest BCUT2D eigenvalue weighted by atomic mass is 10.0. The molecular weight excluding hydrogens is 300 g/mol. The van der Waals surface area contributed by atoms with Crippen molar-refractivity contribution in [1.29, 1.82) is 0 Å². The number of hydrogen-bond donors (Lipinski definition) is 0. The van der Waals surface area contributed by atoms with Crippen molar-refractivity contribution >= 4 is 5.91 Å². The molecule has 2 atom stereocenters. The zero-order valence-corrected chi connectivity index (χ0v) is 14.8. The highest BCUT2D eigenvalue weighted by molar-refractivity contribution is 5.80. The van der Waals surface area contributed by atoms with Crippen molar-refractivity contribution in [2.24, 2.45) is 0 Å². The summed E-state index contributed by atoms with van der Waals surface area (Å²) in [5.41, 5.74) is 3.16. The summed E-state index contributed by atoms with van der Waals surface area (Å²) < 4.78 is 1.85. The number of rotatable bonds is 3. The Bertz CT molecular complexity index is 695. The highest BCUT2D eigenvalue weighted by Gasteiger charge is 2.31. The number of carbonyl (C=O) groups is 1. The van der Waals surface area contributed by atoms with Gasteiger partial charge in [-0.05, 0) is 57.4 Å². The van der Waals surface area contributed by atoms with E-state index < -0.39 is 0 Å². The molecule has 24 heavy (non-hydrogen) atoms. The van der Waals surface area contributed by atoms with Crippen molar-refractivity contribution in [3.8, 4) is 0 Å². The van der Waals surface area contributed by atoms with Crippen LogP contribution >= 0.6 is 0 Å². The van der Waals surface area contributed by atoms with Gasteiger partial charge in [0.05, 0.1) is 11.7 Å². The molecular formula is C19H26N4O. The molecule has 1 fully saturated rings. The van der Waals surface area contributed by atoms with Crippen molar-refractivity contribution in [1.82, 2.24) is 19.7 Å². The molecule has 0 radical (unpaired) electrons. The summed E-state index contributed by atoms with van der Waals surface area (Å²) in [6.07, 6.45) is 8.04. The zero-order chi connectivity index (χ0) is 17.1. The molecule has 0 unspecified atom stereocenters. The summed E-state index contributed by atoms with van der Waals surface area (Å²) in [5, 5.41) is 4.51. The third kappa shape index (κ3) is 3.35. The van der Waals surface area contributed by atoms with Gasteiger partial charge >= 0.3 is 0 Å². The number of hydrogen-bond acceptors (Lipinski definition) is 3. The molecule has 3 heterocycles. The van der Waals surface area contributed by atoms with Crippen LogP contribution < -0.4 is 0 Å².